The summed E-state index contributed by atoms with van der Waals surface area (Å²) in [6.07, 6.45) is 4.26. The van der Waals surface area contributed by atoms with Gasteiger partial charge in [0.2, 0.25) is 11.8 Å². The summed E-state index contributed by atoms with van der Waals surface area (Å²) < 4.78 is 27.6. The first kappa shape index (κ1) is 20.6. The summed E-state index contributed by atoms with van der Waals surface area (Å²) in [6.45, 7) is 0.334. The van der Waals surface area contributed by atoms with Crippen LogP contribution in [-0.4, -0.2) is 41.2 Å². The van der Waals surface area contributed by atoms with Gasteiger partial charge in [-0.25, -0.2) is 8.78 Å². The Morgan fingerprint density at radius 2 is 1.78 bits per heavy atom. The largest absolute Gasteiger partial charge is 0.350 e. The minimum atomic E-state index is -0.800. The van der Waals surface area contributed by atoms with Crippen molar-refractivity contribution >= 4 is 23.4 Å². The van der Waals surface area contributed by atoms with E-state index in [-0.39, 0.29) is 34.8 Å². The van der Waals surface area contributed by atoms with Crippen LogP contribution in [0, 0.1) is 17.6 Å². The number of benzene rings is 2. The number of hydrogen-bond acceptors (Lipinski definition) is 3. The highest BCUT2D eigenvalue weighted by atomic mass is 19.1. The second-order valence-corrected chi connectivity index (χ2v) is 8.70. The molecule has 0 radical (unpaired) electrons. The van der Waals surface area contributed by atoms with Crippen LogP contribution in [0.15, 0.2) is 36.4 Å². The van der Waals surface area contributed by atoms with E-state index >= 15 is 0 Å². The van der Waals surface area contributed by atoms with Gasteiger partial charge in [0.25, 0.3) is 5.91 Å². The number of amides is 3. The van der Waals surface area contributed by atoms with Crippen LogP contribution in [0.1, 0.15) is 42.5 Å². The highest BCUT2D eigenvalue weighted by Crippen LogP contribution is 2.33. The molecule has 8 heteroatoms. The van der Waals surface area contributed by atoms with Gasteiger partial charge in [-0.3, -0.25) is 14.4 Å². The molecule has 0 bridgehead atoms. The van der Waals surface area contributed by atoms with Gasteiger partial charge in [-0.2, -0.15) is 0 Å². The zero-order chi connectivity index (χ0) is 22.4. The maximum Gasteiger partial charge on any atom is 0.256 e. The van der Waals surface area contributed by atoms with Crippen molar-refractivity contribution in [3.63, 3.8) is 0 Å². The van der Waals surface area contributed by atoms with Crippen molar-refractivity contribution < 1.29 is 23.2 Å². The predicted molar refractivity (Wildman–Crippen MR) is 114 cm³/mol. The number of fused-ring (bicyclic) bond motifs is 2. The predicted octanol–water partition coefficient (Wildman–Crippen LogP) is 3.47. The molecule has 32 heavy (non-hydrogen) atoms. The monoisotopic (exact) mass is 439 g/mol. The Kier molecular flexibility index (Phi) is 5.15. The number of rotatable bonds is 3. The van der Waals surface area contributed by atoms with E-state index in [2.05, 4.69) is 10.6 Å². The molecular formula is C24H23F2N3O3. The van der Waals surface area contributed by atoms with Crippen LogP contribution in [0.4, 0.5) is 14.5 Å². The second-order valence-electron chi connectivity index (χ2n) is 8.70. The van der Waals surface area contributed by atoms with E-state index in [1.807, 2.05) is 0 Å². The van der Waals surface area contributed by atoms with Gasteiger partial charge in [-0.05, 0) is 49.1 Å². The molecule has 3 amide bonds. The van der Waals surface area contributed by atoms with E-state index in [1.165, 1.54) is 17.0 Å². The summed E-state index contributed by atoms with van der Waals surface area (Å²) in [7, 11) is 0. The average molecular weight is 439 g/mol. The number of anilines is 1. The lowest BCUT2D eigenvalue weighted by molar-refractivity contribution is -0.126. The zero-order valence-electron chi connectivity index (χ0n) is 17.4. The minimum absolute atomic E-state index is 0.0287. The summed E-state index contributed by atoms with van der Waals surface area (Å²) in [4.78, 5) is 40.4. The van der Waals surface area contributed by atoms with Gasteiger partial charge < -0.3 is 15.5 Å². The van der Waals surface area contributed by atoms with Gasteiger partial charge in [-0.1, -0.05) is 18.9 Å². The zero-order valence-corrected chi connectivity index (χ0v) is 17.4. The normalized spacial score (nSPS) is 22.9. The summed E-state index contributed by atoms with van der Waals surface area (Å²) in [5.41, 5.74) is 1.15. The minimum Gasteiger partial charge on any atom is -0.350 e. The van der Waals surface area contributed by atoms with E-state index in [0.29, 0.717) is 24.2 Å². The number of carbonyl (C=O) groups is 3. The Morgan fingerprint density at radius 1 is 1.00 bits per heavy atom. The Balaban J connectivity index is 1.43. The fourth-order valence-corrected chi connectivity index (χ4v) is 5.07. The van der Waals surface area contributed by atoms with Crippen molar-refractivity contribution in [1.29, 1.82) is 0 Å². The number of halogens is 2. The molecule has 2 atom stereocenters. The van der Waals surface area contributed by atoms with Gasteiger partial charge >= 0.3 is 0 Å². The van der Waals surface area contributed by atoms with Crippen LogP contribution in [0.2, 0.25) is 0 Å². The molecule has 0 spiro atoms. The van der Waals surface area contributed by atoms with Gasteiger partial charge in [0.1, 0.15) is 17.7 Å². The second kappa shape index (κ2) is 8.00. The highest BCUT2D eigenvalue weighted by Gasteiger charge is 2.45. The summed E-state index contributed by atoms with van der Waals surface area (Å²) in [5, 5.41) is 5.79. The van der Waals surface area contributed by atoms with Crippen LogP contribution in [0.5, 0.6) is 0 Å². The standard InChI is InChI=1S/C24H23F2N3O3/c25-15-6-7-16(18(26)12-15)14-5-8-19-17(11-14)24(32)29-10-9-20(21(29)23(31)27-19)28-22(30)13-3-1-2-4-13/h5-8,11-13,20-21H,1-4,9-10H2,(H,27,31)(H,28,30)/t20-,21-/m0/s1. The van der Waals surface area contributed by atoms with Gasteiger partial charge in [0.15, 0.2) is 0 Å². The number of carbonyl (C=O) groups excluding carboxylic acids is 3. The number of hydrogen-bond donors (Lipinski definition) is 2. The third kappa shape index (κ3) is 3.53. The van der Waals surface area contributed by atoms with Crippen LogP contribution >= 0.6 is 0 Å². The van der Waals surface area contributed by atoms with E-state index in [9.17, 15) is 23.2 Å². The van der Waals surface area contributed by atoms with E-state index in [0.717, 1.165) is 37.8 Å². The summed E-state index contributed by atoms with van der Waals surface area (Å²) >= 11 is 0. The molecule has 2 heterocycles. The van der Waals surface area contributed by atoms with E-state index < -0.39 is 23.7 Å². The lowest BCUT2D eigenvalue weighted by atomic mass is 10.0. The van der Waals surface area contributed by atoms with Crippen LogP contribution in [0.25, 0.3) is 11.1 Å². The molecule has 2 aromatic carbocycles. The molecule has 6 nitrogen and oxygen atoms in total. The SMILES string of the molecule is O=C(N[C@H]1CCN2C(=O)c3cc(-c4ccc(F)cc4F)ccc3NC(=O)[C@H]12)C1CCCC1. The first-order chi connectivity index (χ1) is 15.4. The molecule has 1 saturated carbocycles. The Bertz CT molecular complexity index is 1110. The van der Waals surface area contributed by atoms with Crippen molar-refractivity contribution in [2.45, 2.75) is 44.2 Å². The van der Waals surface area contributed by atoms with Crippen LogP contribution in [0.3, 0.4) is 0 Å². The molecular weight excluding hydrogens is 416 g/mol. The van der Waals surface area contributed by atoms with Gasteiger partial charge in [0.05, 0.1) is 17.3 Å². The van der Waals surface area contributed by atoms with Crippen molar-refractivity contribution in [3.8, 4) is 11.1 Å². The van der Waals surface area contributed by atoms with Crippen LogP contribution in [-0.2, 0) is 9.59 Å². The lowest BCUT2D eigenvalue weighted by Gasteiger charge is -2.25. The fraction of sp³-hybridized carbons (Fsp3) is 0.375. The van der Waals surface area contributed by atoms with Crippen molar-refractivity contribution in [1.82, 2.24) is 10.2 Å². The third-order valence-electron chi connectivity index (χ3n) is 6.73. The van der Waals surface area contributed by atoms with E-state index in [1.54, 1.807) is 12.1 Å². The maximum atomic E-state index is 14.3. The molecule has 2 aliphatic heterocycles. The quantitative estimate of drug-likeness (QED) is 0.769. The molecule has 1 saturated heterocycles. The van der Waals surface area contributed by atoms with E-state index in [4.69, 9.17) is 0 Å². The molecule has 166 valence electrons. The number of nitrogens with one attached hydrogen (secondary N) is 2. The molecule has 0 unspecified atom stereocenters. The molecule has 2 fully saturated rings. The number of nitrogens with zero attached hydrogens (tertiary/aromatic N) is 1. The Labute approximate surface area is 184 Å². The molecule has 3 aliphatic rings. The van der Waals surface area contributed by atoms with Crippen molar-refractivity contribution in [3.05, 3.63) is 53.6 Å². The highest BCUT2D eigenvalue weighted by molar-refractivity contribution is 6.11. The maximum absolute atomic E-state index is 14.3. The molecule has 0 aromatic heterocycles. The molecule has 1 aliphatic carbocycles. The fourth-order valence-electron chi connectivity index (χ4n) is 5.07. The average Bonchev–Trinajstić information content (AvgIpc) is 3.42. The summed E-state index contributed by atoms with van der Waals surface area (Å²) in [5.74, 6) is -2.21. The van der Waals surface area contributed by atoms with Crippen molar-refractivity contribution in [2.24, 2.45) is 5.92 Å². The third-order valence-corrected chi connectivity index (χ3v) is 6.73. The Hall–Kier alpha value is -3.29. The molecule has 2 N–H and O–H groups in total. The first-order valence-electron chi connectivity index (χ1n) is 10.9. The van der Waals surface area contributed by atoms with Gasteiger partial charge in [-0.15, -0.1) is 0 Å². The Morgan fingerprint density at radius 3 is 2.53 bits per heavy atom. The van der Waals surface area contributed by atoms with Crippen LogP contribution < -0.4 is 10.6 Å². The lowest BCUT2D eigenvalue weighted by Crippen LogP contribution is -2.52. The van der Waals surface area contributed by atoms with Crippen molar-refractivity contribution in [2.75, 3.05) is 11.9 Å². The van der Waals surface area contributed by atoms with Gasteiger partial charge in [0, 0.05) is 24.1 Å². The smallest absolute Gasteiger partial charge is 0.256 e. The summed E-state index contributed by atoms with van der Waals surface area (Å²) in [6, 6.07) is 6.67. The molecule has 2 aromatic rings. The topological polar surface area (TPSA) is 78.5 Å². The first-order valence-corrected chi connectivity index (χ1v) is 10.9. The molecule has 5 rings (SSSR count).